The molecule has 1 aromatic carbocycles. The Labute approximate surface area is 105 Å². The van der Waals surface area contributed by atoms with Crippen LogP contribution in [-0.4, -0.2) is 35.7 Å². The van der Waals surface area contributed by atoms with Crippen molar-refractivity contribution in [3.8, 4) is 5.75 Å². The molecule has 100 valence electrons. The van der Waals surface area contributed by atoms with Gasteiger partial charge in [0.15, 0.2) is 0 Å². The molecule has 0 fully saturated rings. The third-order valence-electron chi connectivity index (χ3n) is 1.99. The second-order valence-corrected chi connectivity index (χ2v) is 3.48. The fourth-order valence-electron chi connectivity index (χ4n) is 1.10. The highest BCUT2D eigenvalue weighted by atomic mass is 16.4. The van der Waals surface area contributed by atoms with Crippen LogP contribution in [0.15, 0.2) is 24.3 Å². The molecule has 1 aromatic rings. The number of aromatic hydroxyl groups is 1. The Morgan fingerprint density at radius 2 is 1.94 bits per heavy atom. The standard InChI is InChI=1S/C7H7NO2.C5H11NO2/c8-7(10)5-3-1-2-4-6(5)9;1-6-4-2-3-5(7)8/h1-4,9H,(H2,8,10);6H,2-4H2,1H3,(H,7,8). The summed E-state index contributed by atoms with van der Waals surface area (Å²) in [7, 11) is 1.81. The quantitative estimate of drug-likeness (QED) is 0.573. The van der Waals surface area contributed by atoms with Crippen LogP contribution in [0.25, 0.3) is 0 Å². The van der Waals surface area contributed by atoms with E-state index in [-0.39, 0.29) is 17.7 Å². The minimum Gasteiger partial charge on any atom is -0.507 e. The number of amides is 1. The zero-order valence-corrected chi connectivity index (χ0v) is 10.2. The first-order valence-electron chi connectivity index (χ1n) is 5.43. The Kier molecular flexibility index (Phi) is 7.96. The lowest BCUT2D eigenvalue weighted by Crippen LogP contribution is -2.10. The van der Waals surface area contributed by atoms with E-state index in [0.29, 0.717) is 6.42 Å². The maximum absolute atomic E-state index is 10.5. The number of carbonyl (C=O) groups excluding carboxylic acids is 1. The molecule has 5 N–H and O–H groups in total. The number of hydrogen-bond donors (Lipinski definition) is 4. The molecule has 0 radical (unpaired) electrons. The molecule has 18 heavy (non-hydrogen) atoms. The molecule has 1 amide bonds. The van der Waals surface area contributed by atoms with Gasteiger partial charge in [0.1, 0.15) is 5.75 Å². The van der Waals surface area contributed by atoms with Gasteiger partial charge in [-0.25, -0.2) is 0 Å². The molecular weight excluding hydrogens is 236 g/mol. The van der Waals surface area contributed by atoms with Crippen molar-refractivity contribution in [1.29, 1.82) is 0 Å². The highest BCUT2D eigenvalue weighted by Crippen LogP contribution is 2.13. The van der Waals surface area contributed by atoms with Gasteiger partial charge in [0.05, 0.1) is 5.56 Å². The van der Waals surface area contributed by atoms with Crippen molar-refractivity contribution in [3.63, 3.8) is 0 Å². The third-order valence-corrected chi connectivity index (χ3v) is 1.99. The summed E-state index contributed by atoms with van der Waals surface area (Å²) in [5.74, 6) is -1.41. The minimum atomic E-state index is -0.722. The Balaban J connectivity index is 0.000000331. The maximum atomic E-state index is 10.5. The topological polar surface area (TPSA) is 113 Å². The van der Waals surface area contributed by atoms with Crippen LogP contribution in [-0.2, 0) is 4.79 Å². The van der Waals surface area contributed by atoms with Gasteiger partial charge in [-0.3, -0.25) is 9.59 Å². The molecule has 0 aliphatic heterocycles. The number of primary amides is 1. The van der Waals surface area contributed by atoms with Crippen LogP contribution in [0.3, 0.4) is 0 Å². The Bertz CT molecular complexity index is 393. The lowest BCUT2D eigenvalue weighted by atomic mass is 10.2. The number of carbonyl (C=O) groups is 2. The van der Waals surface area contributed by atoms with Gasteiger partial charge >= 0.3 is 5.97 Å². The van der Waals surface area contributed by atoms with Crippen molar-refractivity contribution >= 4 is 11.9 Å². The highest BCUT2D eigenvalue weighted by molar-refractivity contribution is 5.95. The minimum absolute atomic E-state index is 0.0741. The van der Waals surface area contributed by atoms with Crippen molar-refractivity contribution in [2.75, 3.05) is 13.6 Å². The number of phenols is 1. The van der Waals surface area contributed by atoms with E-state index in [4.69, 9.17) is 15.9 Å². The predicted octanol–water partition coefficient (Wildman–Crippen LogP) is 0.562. The fourth-order valence-corrected chi connectivity index (χ4v) is 1.10. The first kappa shape index (κ1) is 15.9. The Morgan fingerprint density at radius 1 is 1.33 bits per heavy atom. The van der Waals surface area contributed by atoms with Crippen LogP contribution in [0, 0.1) is 0 Å². The lowest BCUT2D eigenvalue weighted by Gasteiger charge is -1.96. The summed E-state index contributed by atoms with van der Waals surface area (Å²) >= 11 is 0. The summed E-state index contributed by atoms with van der Waals surface area (Å²) in [6.45, 7) is 0.784. The summed E-state index contributed by atoms with van der Waals surface area (Å²) in [6, 6.07) is 6.15. The first-order valence-corrected chi connectivity index (χ1v) is 5.43. The van der Waals surface area contributed by atoms with Crippen molar-refractivity contribution in [1.82, 2.24) is 5.32 Å². The van der Waals surface area contributed by atoms with E-state index in [2.05, 4.69) is 5.32 Å². The first-order chi connectivity index (χ1) is 8.49. The molecule has 6 nitrogen and oxygen atoms in total. The average molecular weight is 254 g/mol. The lowest BCUT2D eigenvalue weighted by molar-refractivity contribution is -0.137. The van der Waals surface area contributed by atoms with E-state index in [1.807, 2.05) is 7.05 Å². The summed E-state index contributed by atoms with van der Waals surface area (Å²) in [6.07, 6.45) is 0.979. The number of nitrogens with two attached hydrogens (primary N) is 1. The molecule has 0 spiro atoms. The van der Waals surface area contributed by atoms with E-state index in [1.165, 1.54) is 12.1 Å². The van der Waals surface area contributed by atoms with Crippen LogP contribution in [0.4, 0.5) is 0 Å². The SMILES string of the molecule is CNCCCC(=O)O.NC(=O)c1ccccc1O. The van der Waals surface area contributed by atoms with E-state index < -0.39 is 11.9 Å². The van der Waals surface area contributed by atoms with E-state index in [0.717, 1.165) is 6.54 Å². The third kappa shape index (κ3) is 7.24. The number of benzene rings is 1. The number of aliphatic carboxylic acids is 1. The van der Waals surface area contributed by atoms with Gasteiger partial charge in [-0.15, -0.1) is 0 Å². The van der Waals surface area contributed by atoms with Crippen LogP contribution in [0.1, 0.15) is 23.2 Å². The van der Waals surface area contributed by atoms with Crippen molar-refractivity contribution < 1.29 is 19.8 Å². The van der Waals surface area contributed by atoms with Crippen molar-refractivity contribution in [2.24, 2.45) is 5.73 Å². The second-order valence-electron chi connectivity index (χ2n) is 3.48. The molecule has 0 aromatic heterocycles. The molecule has 6 heteroatoms. The van der Waals surface area contributed by atoms with Gasteiger partial charge in [0.25, 0.3) is 5.91 Å². The number of para-hydroxylation sites is 1. The number of hydrogen-bond acceptors (Lipinski definition) is 4. The summed E-state index contributed by atoms with van der Waals surface area (Å²) in [5, 5.41) is 20.0. The summed E-state index contributed by atoms with van der Waals surface area (Å²) in [4.78, 5) is 20.3. The van der Waals surface area contributed by atoms with Crippen LogP contribution in [0.2, 0.25) is 0 Å². The maximum Gasteiger partial charge on any atom is 0.303 e. The molecule has 0 atom stereocenters. The predicted molar refractivity (Wildman–Crippen MR) is 67.4 cm³/mol. The Morgan fingerprint density at radius 3 is 2.33 bits per heavy atom. The normalized spacial score (nSPS) is 9.17. The smallest absolute Gasteiger partial charge is 0.303 e. The molecule has 0 bridgehead atoms. The Hall–Kier alpha value is -2.08. The average Bonchev–Trinajstić information content (AvgIpc) is 2.30. The monoisotopic (exact) mass is 254 g/mol. The number of nitrogens with one attached hydrogen (secondary N) is 1. The van der Waals surface area contributed by atoms with Gasteiger partial charge in [-0.05, 0) is 32.1 Å². The molecule has 0 unspecified atom stereocenters. The zero-order valence-electron chi connectivity index (χ0n) is 10.2. The molecule has 0 aliphatic rings. The van der Waals surface area contributed by atoms with Gasteiger partial charge in [-0.2, -0.15) is 0 Å². The molecule has 1 rings (SSSR count). The van der Waals surface area contributed by atoms with Gasteiger partial charge < -0.3 is 21.3 Å². The molecule has 0 aliphatic carbocycles. The van der Waals surface area contributed by atoms with Crippen molar-refractivity contribution in [3.05, 3.63) is 29.8 Å². The van der Waals surface area contributed by atoms with Crippen molar-refractivity contribution in [2.45, 2.75) is 12.8 Å². The van der Waals surface area contributed by atoms with Gasteiger partial charge in [0.2, 0.25) is 0 Å². The van der Waals surface area contributed by atoms with Crippen LogP contribution >= 0.6 is 0 Å². The molecule has 0 heterocycles. The van der Waals surface area contributed by atoms with Crippen LogP contribution in [0.5, 0.6) is 5.75 Å². The van der Waals surface area contributed by atoms with E-state index in [9.17, 15) is 9.59 Å². The number of carboxylic acids is 1. The van der Waals surface area contributed by atoms with E-state index >= 15 is 0 Å². The highest BCUT2D eigenvalue weighted by Gasteiger charge is 2.03. The number of rotatable bonds is 5. The molecule has 0 saturated carbocycles. The number of carboxylic acid groups (broad SMARTS) is 1. The summed E-state index contributed by atoms with van der Waals surface area (Å²) in [5.41, 5.74) is 5.07. The molecular formula is C12H18N2O4. The van der Waals surface area contributed by atoms with Crippen LogP contribution < -0.4 is 11.1 Å². The largest absolute Gasteiger partial charge is 0.507 e. The van der Waals surface area contributed by atoms with Gasteiger partial charge in [-0.1, -0.05) is 12.1 Å². The zero-order chi connectivity index (χ0) is 14.0. The molecule has 0 saturated heterocycles. The van der Waals surface area contributed by atoms with Gasteiger partial charge in [0, 0.05) is 6.42 Å². The van der Waals surface area contributed by atoms with E-state index in [1.54, 1.807) is 12.1 Å². The summed E-state index contributed by atoms with van der Waals surface area (Å²) < 4.78 is 0. The fraction of sp³-hybridized carbons (Fsp3) is 0.333. The second kappa shape index (κ2) is 9.00.